The molecule has 1 aromatic heterocycles. The Morgan fingerprint density at radius 2 is 1.52 bits per heavy atom. The van der Waals surface area contributed by atoms with Gasteiger partial charge in [0.1, 0.15) is 16.1 Å². The van der Waals surface area contributed by atoms with Gasteiger partial charge in [0.2, 0.25) is 0 Å². The van der Waals surface area contributed by atoms with Crippen LogP contribution in [0, 0.1) is 0 Å². The van der Waals surface area contributed by atoms with Gasteiger partial charge in [-0.2, -0.15) is 4.57 Å². The first-order valence-corrected chi connectivity index (χ1v) is 11.6. The van der Waals surface area contributed by atoms with Crippen molar-refractivity contribution >= 4 is 28.1 Å². The molecule has 0 saturated heterocycles. The van der Waals surface area contributed by atoms with E-state index < -0.39 is 6.04 Å². The fourth-order valence-corrected chi connectivity index (χ4v) is 5.43. The number of benzene rings is 3. The van der Waals surface area contributed by atoms with E-state index >= 15 is 0 Å². The monoisotopic (exact) mass is 454 g/mol. The summed E-state index contributed by atoms with van der Waals surface area (Å²) in [6.07, 6.45) is 0. The topological polar surface area (TPSA) is 56.5 Å². The lowest BCUT2D eigenvalue weighted by atomic mass is 9.94. The maximum Gasteiger partial charge on any atom is 0.345 e. The highest BCUT2D eigenvalue weighted by molar-refractivity contribution is 7.18. The molecule has 0 unspecified atom stereocenters. The van der Waals surface area contributed by atoms with E-state index in [1.807, 2.05) is 114 Å². The number of allylic oxidation sites excluding steroid dienone is 1. The molecule has 0 radical (unpaired) electrons. The third-order valence-corrected chi connectivity index (χ3v) is 7.25. The van der Waals surface area contributed by atoms with Crippen LogP contribution in [0.3, 0.4) is 0 Å². The predicted octanol–water partition coefficient (Wildman–Crippen LogP) is 5.36. The average molecular weight is 455 g/mol. The van der Waals surface area contributed by atoms with Crippen LogP contribution in [0.4, 0.5) is 10.8 Å². The van der Waals surface area contributed by atoms with E-state index in [-0.39, 0.29) is 11.8 Å². The Balaban J connectivity index is 1.68. The quantitative estimate of drug-likeness (QED) is 0.408. The lowest BCUT2D eigenvalue weighted by Gasteiger charge is -2.28. The summed E-state index contributed by atoms with van der Waals surface area (Å²) in [6.45, 7) is 1.96. The van der Waals surface area contributed by atoms with Gasteiger partial charge in [0.15, 0.2) is 6.04 Å². The largest absolute Gasteiger partial charge is 0.477 e. The normalized spacial score (nSPS) is 15.3. The number of aromatic hydroxyl groups is 1. The molecule has 5 nitrogen and oxygen atoms in total. The van der Waals surface area contributed by atoms with Crippen molar-refractivity contribution in [3.05, 3.63) is 108 Å². The number of carbonyl (C=O) groups excluding carboxylic acids is 1. The molecule has 164 valence electrons. The maximum atomic E-state index is 13.6. The average Bonchev–Trinajstić information content (AvgIpc) is 3.20. The van der Waals surface area contributed by atoms with Crippen molar-refractivity contribution in [1.82, 2.24) is 0 Å². The molecule has 0 aliphatic carbocycles. The van der Waals surface area contributed by atoms with Crippen LogP contribution in [0.2, 0.25) is 0 Å². The number of carbonyl (C=O) groups is 1. The van der Waals surface area contributed by atoms with Gasteiger partial charge in [-0.3, -0.25) is 4.79 Å². The molecule has 33 heavy (non-hydrogen) atoms. The summed E-state index contributed by atoms with van der Waals surface area (Å²) in [5.74, 6) is -0.0381. The van der Waals surface area contributed by atoms with Crippen molar-refractivity contribution < 1.29 is 14.5 Å². The van der Waals surface area contributed by atoms with Crippen molar-refractivity contribution in [3.8, 4) is 16.3 Å². The lowest BCUT2D eigenvalue weighted by Crippen LogP contribution is -2.50. The number of amides is 1. The highest BCUT2D eigenvalue weighted by Crippen LogP contribution is 2.44. The zero-order chi connectivity index (χ0) is 22.9. The number of anilines is 2. The number of fused-ring (bicyclic) bond motifs is 1. The number of hydrogen-bond donors (Lipinski definition) is 2. The Bertz CT molecular complexity index is 1330. The standard InChI is InChI=1S/C27H23N3O2S/c1-18-22(25(31)28-21-16-10-5-11-17-21)23(19-12-6-3-7-13-19)30-26(32)24(33-27(30)29(18)2)20-14-8-4-9-15-20/h3-17,23H,1-2H3,(H-,28,31,32)/p+1/t23-/m1/s1. The Morgan fingerprint density at radius 1 is 0.939 bits per heavy atom. The van der Waals surface area contributed by atoms with E-state index in [1.165, 1.54) is 11.3 Å². The number of nitrogens with one attached hydrogen (secondary N) is 1. The van der Waals surface area contributed by atoms with Gasteiger partial charge in [0.25, 0.3) is 5.91 Å². The molecule has 0 fully saturated rings. The first kappa shape index (κ1) is 21.0. The molecule has 3 aromatic carbocycles. The van der Waals surface area contributed by atoms with E-state index in [9.17, 15) is 9.90 Å². The Kier molecular flexibility index (Phi) is 5.44. The zero-order valence-corrected chi connectivity index (χ0v) is 19.2. The van der Waals surface area contributed by atoms with Crippen LogP contribution in [0.15, 0.2) is 102 Å². The molecular formula is C27H24N3O2S+. The molecule has 0 spiro atoms. The number of rotatable bonds is 4. The Morgan fingerprint density at radius 3 is 2.15 bits per heavy atom. The summed E-state index contributed by atoms with van der Waals surface area (Å²) in [5.41, 5.74) is 4.04. The minimum absolute atomic E-state index is 0.152. The molecular weight excluding hydrogens is 430 g/mol. The zero-order valence-electron chi connectivity index (χ0n) is 18.4. The van der Waals surface area contributed by atoms with Gasteiger partial charge in [0.05, 0.1) is 7.05 Å². The van der Waals surface area contributed by atoms with Crippen LogP contribution < -0.4 is 14.8 Å². The highest BCUT2D eigenvalue weighted by Gasteiger charge is 2.44. The summed E-state index contributed by atoms with van der Waals surface area (Å²) in [7, 11) is 1.93. The fourth-order valence-electron chi connectivity index (χ4n) is 4.24. The van der Waals surface area contributed by atoms with Gasteiger partial charge < -0.3 is 10.4 Å². The van der Waals surface area contributed by atoms with Crippen molar-refractivity contribution in [2.75, 3.05) is 17.3 Å². The fraction of sp³-hybridized carbons (Fsp3) is 0.111. The molecule has 1 atom stereocenters. The minimum Gasteiger partial charge on any atom is -0.477 e. The second kappa shape index (κ2) is 8.56. The molecule has 4 aromatic rings. The van der Waals surface area contributed by atoms with Crippen molar-refractivity contribution in [1.29, 1.82) is 0 Å². The van der Waals surface area contributed by atoms with Crippen LogP contribution in [0.1, 0.15) is 18.5 Å². The third-order valence-electron chi connectivity index (χ3n) is 5.97. The van der Waals surface area contributed by atoms with Gasteiger partial charge in [-0.25, -0.2) is 4.90 Å². The predicted molar refractivity (Wildman–Crippen MR) is 132 cm³/mol. The van der Waals surface area contributed by atoms with Crippen LogP contribution in [-0.2, 0) is 4.79 Å². The van der Waals surface area contributed by atoms with Crippen LogP contribution in [-0.4, -0.2) is 18.1 Å². The van der Waals surface area contributed by atoms with E-state index in [4.69, 9.17) is 0 Å². The van der Waals surface area contributed by atoms with E-state index in [0.29, 0.717) is 5.57 Å². The van der Waals surface area contributed by atoms with Crippen LogP contribution >= 0.6 is 11.3 Å². The van der Waals surface area contributed by atoms with Gasteiger partial charge in [0, 0.05) is 11.3 Å². The molecule has 0 bridgehead atoms. The second-order valence-corrected chi connectivity index (χ2v) is 8.94. The number of hydrogen-bond acceptors (Lipinski definition) is 4. The number of para-hydroxylation sites is 1. The number of aromatic nitrogens is 1. The van der Waals surface area contributed by atoms with Crippen LogP contribution in [0.25, 0.3) is 10.4 Å². The second-order valence-electron chi connectivity index (χ2n) is 7.96. The van der Waals surface area contributed by atoms with Crippen LogP contribution in [0.5, 0.6) is 5.88 Å². The smallest absolute Gasteiger partial charge is 0.345 e. The highest BCUT2D eigenvalue weighted by atomic mass is 32.1. The van der Waals surface area contributed by atoms with Crippen molar-refractivity contribution in [2.45, 2.75) is 13.0 Å². The van der Waals surface area contributed by atoms with E-state index in [2.05, 4.69) is 5.32 Å². The molecule has 6 heteroatoms. The number of nitrogens with zero attached hydrogens (tertiary/aromatic N) is 2. The summed E-state index contributed by atoms with van der Waals surface area (Å²) < 4.78 is 1.87. The van der Waals surface area contributed by atoms with E-state index in [0.717, 1.165) is 32.5 Å². The number of thiazole rings is 1. The molecule has 1 aliphatic rings. The van der Waals surface area contributed by atoms with Crippen molar-refractivity contribution in [2.24, 2.45) is 0 Å². The lowest BCUT2D eigenvalue weighted by molar-refractivity contribution is -0.695. The summed E-state index contributed by atoms with van der Waals surface area (Å²) >= 11 is 1.52. The van der Waals surface area contributed by atoms with Gasteiger partial charge in [-0.05, 0) is 36.0 Å². The molecule has 2 heterocycles. The minimum atomic E-state index is -0.463. The molecule has 2 N–H and O–H groups in total. The Hall–Kier alpha value is -3.90. The summed E-state index contributed by atoms with van der Waals surface area (Å²) in [6, 6.07) is 28.7. The van der Waals surface area contributed by atoms with Gasteiger partial charge in [-0.1, -0.05) is 78.9 Å². The third kappa shape index (κ3) is 3.68. The maximum absolute atomic E-state index is 13.6. The molecule has 1 aliphatic heterocycles. The molecule has 0 saturated carbocycles. The SMILES string of the molecule is CC1=C(C(=O)Nc2ccccc2)[C@@H](c2ccccc2)[n+]2c(sc(-c3ccccc3)c2O)N1C. The van der Waals surface area contributed by atoms with Gasteiger partial charge in [-0.15, -0.1) is 0 Å². The molecule has 5 rings (SSSR count). The van der Waals surface area contributed by atoms with Gasteiger partial charge >= 0.3 is 11.0 Å². The first-order chi connectivity index (χ1) is 16.1. The van der Waals surface area contributed by atoms with Crippen molar-refractivity contribution in [3.63, 3.8) is 0 Å². The Labute approximate surface area is 196 Å². The summed E-state index contributed by atoms with van der Waals surface area (Å²) in [5, 5.41) is 15.4. The van der Waals surface area contributed by atoms with E-state index in [1.54, 1.807) is 0 Å². The summed E-state index contributed by atoms with van der Waals surface area (Å²) in [4.78, 5) is 16.4. The molecule has 1 amide bonds. The first-order valence-electron chi connectivity index (χ1n) is 10.7.